The first-order valence-corrected chi connectivity index (χ1v) is 6.21. The Bertz CT molecular complexity index is 514. The van der Waals surface area contributed by atoms with Crippen LogP contribution >= 0.6 is 0 Å². The van der Waals surface area contributed by atoms with Crippen LogP contribution in [0.5, 0.6) is 0 Å². The quantitative estimate of drug-likeness (QED) is 0.450. The molecule has 104 valence electrons. The van der Waals surface area contributed by atoms with Gasteiger partial charge in [0.2, 0.25) is 0 Å². The Balaban J connectivity index is 2.55. The van der Waals surface area contributed by atoms with Gasteiger partial charge in [0, 0.05) is 20.0 Å². The first-order chi connectivity index (χ1) is 9.63. The molecule has 0 saturated heterocycles. The zero-order valence-electron chi connectivity index (χ0n) is 11.4. The van der Waals surface area contributed by atoms with Gasteiger partial charge in [-0.3, -0.25) is 9.59 Å². The molecule has 4 nitrogen and oxygen atoms in total. The van der Waals surface area contributed by atoms with Crippen LogP contribution in [0.3, 0.4) is 0 Å². The maximum absolute atomic E-state index is 11.7. The first kappa shape index (κ1) is 15.5. The van der Waals surface area contributed by atoms with E-state index in [1.54, 1.807) is 17.1 Å². The zero-order valence-corrected chi connectivity index (χ0v) is 11.4. The van der Waals surface area contributed by atoms with E-state index in [-0.39, 0.29) is 18.5 Å². The predicted octanol–water partition coefficient (Wildman–Crippen LogP) is 1.77. The van der Waals surface area contributed by atoms with E-state index in [4.69, 9.17) is 11.2 Å². The number of amides is 1. The van der Waals surface area contributed by atoms with Crippen molar-refractivity contribution in [2.75, 3.05) is 13.2 Å². The number of benzene rings is 1. The summed E-state index contributed by atoms with van der Waals surface area (Å²) in [6.07, 6.45) is 8.60. The second-order valence-corrected chi connectivity index (χ2v) is 4.09. The predicted molar refractivity (Wildman–Crippen MR) is 76.5 cm³/mol. The lowest BCUT2D eigenvalue weighted by molar-refractivity contribution is -0.139. The van der Waals surface area contributed by atoms with Crippen LogP contribution < -0.4 is 0 Å². The van der Waals surface area contributed by atoms with E-state index in [2.05, 4.69) is 5.92 Å². The molecular formula is C16H17NO3. The zero-order chi connectivity index (χ0) is 14.8. The van der Waals surface area contributed by atoms with Crippen LogP contribution in [-0.4, -0.2) is 29.9 Å². The molecule has 0 aliphatic rings. The van der Waals surface area contributed by atoms with Crippen molar-refractivity contribution in [1.29, 1.82) is 0 Å². The molecule has 0 spiro atoms. The summed E-state index contributed by atoms with van der Waals surface area (Å²) in [6.45, 7) is 2.36. The molecule has 0 aliphatic heterocycles. The summed E-state index contributed by atoms with van der Waals surface area (Å²) in [7, 11) is 0. The standard InChI is InChI=1S/C16H17NO3/c1-3-16(19)17(11-7-8-12-20-14(2)18)13-15-9-5-4-6-10-15/h1,4-10H,11-13H2,2H3/b8-7+. The normalized spacial score (nSPS) is 10.0. The molecule has 1 amide bonds. The summed E-state index contributed by atoms with van der Waals surface area (Å²) in [5.74, 6) is 1.41. The van der Waals surface area contributed by atoms with Gasteiger partial charge in [0.05, 0.1) is 0 Å². The van der Waals surface area contributed by atoms with Crippen LogP contribution in [0.2, 0.25) is 0 Å². The van der Waals surface area contributed by atoms with Gasteiger partial charge in [-0.1, -0.05) is 36.4 Å². The molecule has 20 heavy (non-hydrogen) atoms. The molecule has 0 unspecified atom stereocenters. The molecule has 4 heteroatoms. The van der Waals surface area contributed by atoms with Crippen LogP contribution in [-0.2, 0) is 20.9 Å². The third-order valence-corrected chi connectivity index (χ3v) is 2.50. The molecule has 1 rings (SSSR count). The van der Waals surface area contributed by atoms with Gasteiger partial charge in [-0.15, -0.1) is 6.42 Å². The fourth-order valence-corrected chi connectivity index (χ4v) is 1.55. The van der Waals surface area contributed by atoms with E-state index in [9.17, 15) is 9.59 Å². The monoisotopic (exact) mass is 271 g/mol. The fourth-order valence-electron chi connectivity index (χ4n) is 1.55. The van der Waals surface area contributed by atoms with E-state index < -0.39 is 0 Å². The molecular weight excluding hydrogens is 254 g/mol. The lowest BCUT2D eigenvalue weighted by Gasteiger charge is -2.18. The van der Waals surface area contributed by atoms with E-state index >= 15 is 0 Å². The van der Waals surface area contributed by atoms with Crippen molar-refractivity contribution in [3.05, 3.63) is 48.0 Å². The molecule has 0 saturated carbocycles. The number of carbonyl (C=O) groups is 2. The van der Waals surface area contributed by atoms with Gasteiger partial charge in [0.25, 0.3) is 5.91 Å². The minimum atomic E-state index is -0.369. The van der Waals surface area contributed by atoms with E-state index in [1.807, 2.05) is 30.3 Å². The maximum atomic E-state index is 11.7. The highest BCUT2D eigenvalue weighted by molar-refractivity contribution is 5.92. The molecule has 1 aromatic carbocycles. The van der Waals surface area contributed by atoms with Crippen LogP contribution in [0, 0.1) is 12.3 Å². The summed E-state index contributed by atoms with van der Waals surface area (Å²) in [5, 5.41) is 0. The number of hydrogen-bond donors (Lipinski definition) is 0. The van der Waals surface area contributed by atoms with Gasteiger partial charge >= 0.3 is 5.97 Å². The van der Waals surface area contributed by atoms with Crippen molar-refractivity contribution in [2.45, 2.75) is 13.5 Å². The highest BCUT2D eigenvalue weighted by Gasteiger charge is 2.09. The summed E-state index contributed by atoms with van der Waals surface area (Å²) in [6, 6.07) is 9.59. The van der Waals surface area contributed by atoms with Crippen LogP contribution in [0.15, 0.2) is 42.5 Å². The molecule has 0 aromatic heterocycles. The van der Waals surface area contributed by atoms with Crippen molar-refractivity contribution < 1.29 is 14.3 Å². The Morgan fingerprint density at radius 1 is 1.30 bits per heavy atom. The molecule has 0 heterocycles. The van der Waals surface area contributed by atoms with Crippen molar-refractivity contribution in [2.24, 2.45) is 0 Å². The minimum Gasteiger partial charge on any atom is -0.462 e. The summed E-state index contributed by atoms with van der Waals surface area (Å²) in [5.41, 5.74) is 1.00. The summed E-state index contributed by atoms with van der Waals surface area (Å²) >= 11 is 0. The second-order valence-electron chi connectivity index (χ2n) is 4.09. The Hall–Kier alpha value is -2.54. The van der Waals surface area contributed by atoms with Gasteiger partial charge in [-0.05, 0) is 17.6 Å². The highest BCUT2D eigenvalue weighted by Crippen LogP contribution is 2.04. The average molecular weight is 271 g/mol. The molecule has 0 N–H and O–H groups in total. The van der Waals surface area contributed by atoms with Crippen molar-refractivity contribution in [3.63, 3.8) is 0 Å². The third kappa shape index (κ3) is 5.87. The summed E-state index contributed by atoms with van der Waals surface area (Å²) in [4.78, 5) is 23.8. The van der Waals surface area contributed by atoms with E-state index in [1.165, 1.54) is 6.92 Å². The lowest BCUT2D eigenvalue weighted by atomic mass is 10.2. The molecule has 1 aromatic rings. The Morgan fingerprint density at radius 3 is 2.60 bits per heavy atom. The van der Waals surface area contributed by atoms with Crippen molar-refractivity contribution >= 4 is 11.9 Å². The highest BCUT2D eigenvalue weighted by atomic mass is 16.5. The molecule has 0 bridgehead atoms. The van der Waals surface area contributed by atoms with Gasteiger partial charge in [0.1, 0.15) is 6.61 Å². The average Bonchev–Trinajstić information content (AvgIpc) is 2.45. The number of terminal acetylenes is 1. The largest absolute Gasteiger partial charge is 0.462 e. The number of nitrogens with zero attached hydrogens (tertiary/aromatic N) is 1. The van der Waals surface area contributed by atoms with Crippen molar-refractivity contribution in [3.8, 4) is 12.3 Å². The maximum Gasteiger partial charge on any atom is 0.302 e. The number of esters is 1. The Morgan fingerprint density at radius 2 is 2.00 bits per heavy atom. The SMILES string of the molecule is C#CC(=O)N(C/C=C/COC(C)=O)Cc1ccccc1. The number of hydrogen-bond acceptors (Lipinski definition) is 3. The Labute approximate surface area is 119 Å². The van der Waals surface area contributed by atoms with Gasteiger partial charge in [0.15, 0.2) is 0 Å². The molecule has 0 radical (unpaired) electrons. The molecule has 0 atom stereocenters. The fraction of sp³-hybridized carbons (Fsp3) is 0.250. The number of ether oxygens (including phenoxy) is 1. The number of rotatable bonds is 6. The van der Waals surface area contributed by atoms with Gasteiger partial charge in [-0.25, -0.2) is 0 Å². The van der Waals surface area contributed by atoms with E-state index in [0.717, 1.165) is 5.56 Å². The van der Waals surface area contributed by atoms with Crippen LogP contribution in [0.1, 0.15) is 12.5 Å². The smallest absolute Gasteiger partial charge is 0.302 e. The topological polar surface area (TPSA) is 46.6 Å². The minimum absolute atomic E-state index is 0.193. The van der Waals surface area contributed by atoms with Crippen LogP contribution in [0.25, 0.3) is 0 Å². The third-order valence-electron chi connectivity index (χ3n) is 2.50. The Kier molecular flexibility index (Phi) is 6.63. The second kappa shape index (κ2) is 8.54. The molecule has 0 fully saturated rings. The van der Waals surface area contributed by atoms with Gasteiger partial charge < -0.3 is 9.64 Å². The summed E-state index contributed by atoms with van der Waals surface area (Å²) < 4.78 is 4.76. The van der Waals surface area contributed by atoms with Crippen molar-refractivity contribution in [1.82, 2.24) is 4.90 Å². The lowest BCUT2D eigenvalue weighted by Crippen LogP contribution is -2.29. The van der Waals surface area contributed by atoms with E-state index in [0.29, 0.717) is 13.1 Å². The number of carbonyl (C=O) groups excluding carboxylic acids is 2. The van der Waals surface area contributed by atoms with Gasteiger partial charge in [-0.2, -0.15) is 0 Å². The molecule has 0 aliphatic carbocycles. The van der Waals surface area contributed by atoms with Crippen LogP contribution in [0.4, 0.5) is 0 Å². The first-order valence-electron chi connectivity index (χ1n) is 6.21.